The highest BCUT2D eigenvalue weighted by Gasteiger charge is 2.29. The van der Waals surface area contributed by atoms with Gasteiger partial charge in [0.05, 0.1) is 12.3 Å². The minimum atomic E-state index is -4.38. The highest BCUT2D eigenvalue weighted by molar-refractivity contribution is 5.43. The summed E-state index contributed by atoms with van der Waals surface area (Å²) in [6.45, 7) is 6.17. The van der Waals surface area contributed by atoms with Gasteiger partial charge in [-0.05, 0) is 57.0 Å². The molecule has 0 saturated heterocycles. The zero-order valence-electron chi connectivity index (χ0n) is 16.1. The van der Waals surface area contributed by atoms with Crippen LogP contribution in [0.15, 0.2) is 18.2 Å². The lowest BCUT2D eigenvalue weighted by Gasteiger charge is -2.15. The summed E-state index contributed by atoms with van der Waals surface area (Å²) < 4.78 is 49.2. The predicted molar refractivity (Wildman–Crippen MR) is 97.3 cm³/mol. The lowest BCUT2D eigenvalue weighted by atomic mass is 10.1. The fraction of sp³-hybridized carbons (Fsp3) is 0.526. The number of hydrogen-bond donors (Lipinski definition) is 1. The number of nitrogens with zero attached hydrogens (tertiary/aromatic N) is 2. The number of alkyl halides is 3. The predicted octanol–water partition coefficient (Wildman–Crippen LogP) is 3.71. The van der Waals surface area contributed by atoms with Gasteiger partial charge in [-0.15, -0.1) is 0 Å². The molecule has 1 aromatic carbocycles. The summed E-state index contributed by atoms with van der Waals surface area (Å²) in [7, 11) is 1.93. The fourth-order valence-corrected chi connectivity index (χ4v) is 2.83. The molecule has 0 aliphatic rings. The molecule has 2 aromatic rings. The maximum Gasteiger partial charge on any atom is 0.422 e. The van der Waals surface area contributed by atoms with Crippen LogP contribution in [-0.2, 0) is 20.0 Å². The van der Waals surface area contributed by atoms with Crippen molar-refractivity contribution in [3.8, 4) is 11.5 Å². The van der Waals surface area contributed by atoms with Crippen molar-refractivity contribution in [3.63, 3.8) is 0 Å². The molecule has 2 rings (SSSR count). The molecule has 1 heterocycles. The third-order valence-corrected chi connectivity index (χ3v) is 4.24. The summed E-state index contributed by atoms with van der Waals surface area (Å²) >= 11 is 0. The minimum Gasteiger partial charge on any atom is -0.490 e. The number of aromatic nitrogens is 2. The summed E-state index contributed by atoms with van der Waals surface area (Å²) in [5.74, 6) is 0.416. The van der Waals surface area contributed by atoms with Crippen LogP contribution in [-0.4, -0.2) is 35.7 Å². The lowest BCUT2D eigenvalue weighted by Crippen LogP contribution is -2.20. The van der Waals surface area contributed by atoms with Gasteiger partial charge in [-0.1, -0.05) is 6.07 Å². The Morgan fingerprint density at radius 2 is 1.89 bits per heavy atom. The third kappa shape index (κ3) is 6.16. The van der Waals surface area contributed by atoms with Crippen molar-refractivity contribution in [1.82, 2.24) is 15.1 Å². The van der Waals surface area contributed by atoms with Crippen LogP contribution in [0.2, 0.25) is 0 Å². The van der Waals surface area contributed by atoms with E-state index in [0.29, 0.717) is 18.9 Å². The van der Waals surface area contributed by atoms with Gasteiger partial charge in [0.25, 0.3) is 0 Å². The second kappa shape index (κ2) is 9.12. The first kappa shape index (κ1) is 21.1. The average molecular weight is 385 g/mol. The Morgan fingerprint density at radius 1 is 1.15 bits per heavy atom. The Morgan fingerprint density at radius 3 is 2.48 bits per heavy atom. The zero-order valence-corrected chi connectivity index (χ0v) is 16.1. The van der Waals surface area contributed by atoms with Gasteiger partial charge in [-0.25, -0.2) is 0 Å². The van der Waals surface area contributed by atoms with Crippen molar-refractivity contribution in [3.05, 3.63) is 40.7 Å². The Hall–Kier alpha value is -2.22. The van der Waals surface area contributed by atoms with Gasteiger partial charge in [0.2, 0.25) is 0 Å². The summed E-state index contributed by atoms with van der Waals surface area (Å²) in [6, 6.07) is 4.97. The maximum absolute atomic E-state index is 12.4. The topological polar surface area (TPSA) is 48.3 Å². The van der Waals surface area contributed by atoms with Crippen LogP contribution < -0.4 is 14.8 Å². The summed E-state index contributed by atoms with van der Waals surface area (Å²) in [6.07, 6.45) is -3.52. The molecule has 0 unspecified atom stereocenters. The first-order valence-corrected chi connectivity index (χ1v) is 8.86. The SMILES string of the molecule is CCOc1cc(CNCCc2c(C)nn(C)c2C)ccc1OCC(F)(F)F. The third-order valence-electron chi connectivity index (χ3n) is 4.24. The van der Waals surface area contributed by atoms with E-state index in [1.165, 1.54) is 11.6 Å². The number of aryl methyl sites for hydroxylation is 2. The van der Waals surface area contributed by atoms with E-state index in [1.807, 2.05) is 25.6 Å². The Balaban J connectivity index is 1.93. The average Bonchev–Trinajstić information content (AvgIpc) is 2.83. The van der Waals surface area contributed by atoms with Crippen LogP contribution in [0.25, 0.3) is 0 Å². The first-order chi connectivity index (χ1) is 12.7. The second-order valence-electron chi connectivity index (χ2n) is 6.32. The van der Waals surface area contributed by atoms with Gasteiger partial charge >= 0.3 is 6.18 Å². The molecule has 27 heavy (non-hydrogen) atoms. The monoisotopic (exact) mass is 385 g/mol. The van der Waals surface area contributed by atoms with Crippen molar-refractivity contribution >= 4 is 0 Å². The van der Waals surface area contributed by atoms with E-state index in [4.69, 9.17) is 9.47 Å². The zero-order chi connectivity index (χ0) is 20.0. The molecule has 0 radical (unpaired) electrons. The van der Waals surface area contributed by atoms with Crippen molar-refractivity contribution in [1.29, 1.82) is 0 Å². The lowest BCUT2D eigenvalue weighted by molar-refractivity contribution is -0.153. The summed E-state index contributed by atoms with van der Waals surface area (Å²) in [5.41, 5.74) is 4.33. The number of halogens is 3. The van der Waals surface area contributed by atoms with Crippen molar-refractivity contribution < 1.29 is 22.6 Å². The quantitative estimate of drug-likeness (QED) is 0.669. The van der Waals surface area contributed by atoms with E-state index in [-0.39, 0.29) is 5.75 Å². The summed E-state index contributed by atoms with van der Waals surface area (Å²) in [5, 5.41) is 7.75. The maximum atomic E-state index is 12.4. The highest BCUT2D eigenvalue weighted by atomic mass is 19.4. The van der Waals surface area contributed by atoms with E-state index in [1.54, 1.807) is 19.1 Å². The standard InChI is InChI=1S/C19H26F3N3O2/c1-5-26-18-10-15(6-7-17(18)27-12-19(20,21)22)11-23-9-8-16-13(2)24-25(4)14(16)3/h6-7,10,23H,5,8-9,11-12H2,1-4H3. The van der Waals surface area contributed by atoms with Gasteiger partial charge in [0.1, 0.15) is 0 Å². The molecule has 0 amide bonds. The van der Waals surface area contributed by atoms with Gasteiger partial charge in [0.15, 0.2) is 18.1 Å². The summed E-state index contributed by atoms with van der Waals surface area (Å²) in [4.78, 5) is 0. The Bertz CT molecular complexity index is 757. The number of rotatable bonds is 9. The van der Waals surface area contributed by atoms with Gasteiger partial charge in [-0.3, -0.25) is 4.68 Å². The largest absolute Gasteiger partial charge is 0.490 e. The number of hydrogen-bond acceptors (Lipinski definition) is 4. The molecule has 1 aromatic heterocycles. The Kier molecular flexibility index (Phi) is 7.12. The van der Waals surface area contributed by atoms with Gasteiger partial charge in [0, 0.05) is 19.3 Å². The fourth-order valence-electron chi connectivity index (χ4n) is 2.83. The van der Waals surface area contributed by atoms with E-state index in [0.717, 1.165) is 29.9 Å². The number of ether oxygens (including phenoxy) is 2. The van der Waals surface area contributed by atoms with Crippen molar-refractivity contribution in [2.45, 2.75) is 39.9 Å². The molecule has 150 valence electrons. The Labute approximate surface area is 157 Å². The molecule has 0 fully saturated rings. The van der Waals surface area contributed by atoms with Crippen LogP contribution in [0.4, 0.5) is 13.2 Å². The van der Waals surface area contributed by atoms with Gasteiger partial charge in [-0.2, -0.15) is 18.3 Å². The van der Waals surface area contributed by atoms with Crippen molar-refractivity contribution in [2.24, 2.45) is 7.05 Å². The molecular weight excluding hydrogens is 359 g/mol. The number of nitrogens with one attached hydrogen (secondary N) is 1. The van der Waals surface area contributed by atoms with Crippen LogP contribution in [0.5, 0.6) is 11.5 Å². The minimum absolute atomic E-state index is 0.0968. The van der Waals surface area contributed by atoms with E-state index >= 15 is 0 Å². The molecular formula is C19H26F3N3O2. The number of benzene rings is 1. The normalized spacial score (nSPS) is 11.7. The van der Waals surface area contributed by atoms with E-state index < -0.39 is 12.8 Å². The molecule has 8 heteroatoms. The molecule has 0 aliphatic carbocycles. The van der Waals surface area contributed by atoms with Crippen LogP contribution >= 0.6 is 0 Å². The van der Waals surface area contributed by atoms with Crippen LogP contribution in [0, 0.1) is 13.8 Å². The molecule has 5 nitrogen and oxygen atoms in total. The molecule has 0 aliphatic heterocycles. The first-order valence-electron chi connectivity index (χ1n) is 8.86. The van der Waals surface area contributed by atoms with E-state index in [9.17, 15) is 13.2 Å². The molecule has 1 N–H and O–H groups in total. The van der Waals surface area contributed by atoms with Gasteiger partial charge < -0.3 is 14.8 Å². The van der Waals surface area contributed by atoms with E-state index in [2.05, 4.69) is 10.4 Å². The molecule has 0 spiro atoms. The molecule has 0 saturated carbocycles. The smallest absolute Gasteiger partial charge is 0.422 e. The van der Waals surface area contributed by atoms with Crippen molar-refractivity contribution in [2.75, 3.05) is 19.8 Å². The molecule has 0 atom stereocenters. The molecule has 0 bridgehead atoms. The van der Waals surface area contributed by atoms with Crippen LogP contribution in [0.1, 0.15) is 29.4 Å². The highest BCUT2D eigenvalue weighted by Crippen LogP contribution is 2.30. The second-order valence-corrected chi connectivity index (χ2v) is 6.32. The van der Waals surface area contributed by atoms with Crippen LogP contribution in [0.3, 0.4) is 0 Å².